The van der Waals surface area contributed by atoms with Crippen LogP contribution in [0.2, 0.25) is 0 Å². The molecule has 9 nitrogen and oxygen atoms in total. The molecule has 5 N–H and O–H groups in total. The highest BCUT2D eigenvalue weighted by molar-refractivity contribution is 7.21. The summed E-state index contributed by atoms with van der Waals surface area (Å²) in [5.41, 5.74) is 2.90. The van der Waals surface area contributed by atoms with Crippen LogP contribution in [0.1, 0.15) is 43.4 Å². The second-order valence-electron chi connectivity index (χ2n) is 9.05. The summed E-state index contributed by atoms with van der Waals surface area (Å²) in [4.78, 5) is 19.7. The zero-order valence-electron chi connectivity index (χ0n) is 20.0. The van der Waals surface area contributed by atoms with Crippen molar-refractivity contribution in [3.63, 3.8) is 0 Å². The lowest BCUT2D eigenvalue weighted by molar-refractivity contribution is 0.126. The average Bonchev–Trinajstić information content (AvgIpc) is 3.27. The average molecular weight is 506 g/mol. The minimum Gasteiger partial charge on any atom is -0.396 e. The van der Waals surface area contributed by atoms with Crippen LogP contribution in [-0.4, -0.2) is 55.4 Å². The second-order valence-corrected chi connectivity index (χ2v) is 10.0. The van der Waals surface area contributed by atoms with Crippen LogP contribution >= 0.6 is 11.3 Å². The van der Waals surface area contributed by atoms with Gasteiger partial charge < -0.3 is 26.2 Å². The van der Waals surface area contributed by atoms with Gasteiger partial charge in [-0.05, 0) is 49.8 Å². The van der Waals surface area contributed by atoms with Gasteiger partial charge in [0.2, 0.25) is 5.95 Å². The van der Waals surface area contributed by atoms with Crippen LogP contribution in [0.5, 0.6) is 0 Å². The lowest BCUT2D eigenvalue weighted by Crippen LogP contribution is -2.29. The minimum absolute atomic E-state index is 0.147. The molecule has 0 spiro atoms. The SMILES string of the molecule is OCCCNc1ccc2nc(Nc3cc(Cc4ccccc4)nc(N[C@H]4CC[C@H](O)CC4)n3)sc2n1. The number of anilines is 4. The van der Waals surface area contributed by atoms with E-state index in [-0.39, 0.29) is 18.8 Å². The van der Waals surface area contributed by atoms with E-state index in [0.717, 1.165) is 47.5 Å². The first-order valence-electron chi connectivity index (χ1n) is 12.4. The van der Waals surface area contributed by atoms with Gasteiger partial charge in [0.05, 0.1) is 11.8 Å². The predicted molar refractivity (Wildman–Crippen MR) is 144 cm³/mol. The molecule has 4 aromatic rings. The van der Waals surface area contributed by atoms with E-state index in [2.05, 4.69) is 38.1 Å². The molecule has 1 aliphatic carbocycles. The summed E-state index contributed by atoms with van der Waals surface area (Å²) in [6, 6.07) is 16.3. The van der Waals surface area contributed by atoms with Crippen molar-refractivity contribution in [1.29, 1.82) is 0 Å². The summed E-state index contributed by atoms with van der Waals surface area (Å²) >= 11 is 1.47. The molecule has 1 aliphatic rings. The number of pyridine rings is 1. The molecule has 0 saturated heterocycles. The van der Waals surface area contributed by atoms with Gasteiger partial charge in [-0.2, -0.15) is 4.98 Å². The Morgan fingerprint density at radius 3 is 2.56 bits per heavy atom. The number of aromatic nitrogens is 4. The molecule has 3 aromatic heterocycles. The lowest BCUT2D eigenvalue weighted by atomic mass is 9.93. The van der Waals surface area contributed by atoms with Crippen molar-refractivity contribution in [3.05, 3.63) is 59.8 Å². The number of nitrogens with one attached hydrogen (secondary N) is 3. The van der Waals surface area contributed by atoms with Crippen LogP contribution < -0.4 is 16.0 Å². The van der Waals surface area contributed by atoms with Crippen LogP contribution in [0.4, 0.5) is 22.7 Å². The maximum absolute atomic E-state index is 9.85. The third-order valence-electron chi connectivity index (χ3n) is 6.17. The molecule has 0 amide bonds. The zero-order chi connectivity index (χ0) is 24.7. The van der Waals surface area contributed by atoms with Crippen molar-refractivity contribution < 1.29 is 10.2 Å². The van der Waals surface area contributed by atoms with Gasteiger partial charge in [0, 0.05) is 31.7 Å². The van der Waals surface area contributed by atoms with Crippen molar-refractivity contribution >= 4 is 44.4 Å². The van der Waals surface area contributed by atoms with E-state index >= 15 is 0 Å². The number of aliphatic hydroxyl groups excluding tert-OH is 2. The Morgan fingerprint density at radius 2 is 1.75 bits per heavy atom. The van der Waals surface area contributed by atoms with Crippen LogP contribution in [-0.2, 0) is 6.42 Å². The fourth-order valence-corrected chi connectivity index (χ4v) is 5.14. The number of aliphatic hydroxyl groups is 2. The van der Waals surface area contributed by atoms with Gasteiger partial charge in [-0.1, -0.05) is 41.7 Å². The second kappa shape index (κ2) is 11.6. The van der Waals surface area contributed by atoms with Gasteiger partial charge in [0.1, 0.15) is 22.0 Å². The van der Waals surface area contributed by atoms with E-state index in [4.69, 9.17) is 15.1 Å². The topological polar surface area (TPSA) is 128 Å². The third kappa shape index (κ3) is 6.45. The van der Waals surface area contributed by atoms with Crippen molar-refractivity contribution in [1.82, 2.24) is 19.9 Å². The maximum atomic E-state index is 9.85. The van der Waals surface area contributed by atoms with Crippen molar-refractivity contribution in [2.45, 2.75) is 50.7 Å². The Hall–Kier alpha value is -3.34. The Labute approximate surface area is 214 Å². The van der Waals surface area contributed by atoms with Gasteiger partial charge in [0.25, 0.3) is 0 Å². The van der Waals surface area contributed by atoms with E-state index in [1.807, 2.05) is 36.4 Å². The summed E-state index contributed by atoms with van der Waals surface area (Å²) in [5, 5.41) is 29.6. The normalized spacial score (nSPS) is 17.7. The molecule has 0 aliphatic heterocycles. The number of rotatable bonds is 10. The molecule has 3 heterocycles. The maximum Gasteiger partial charge on any atom is 0.225 e. The van der Waals surface area contributed by atoms with Crippen LogP contribution in [0.3, 0.4) is 0 Å². The van der Waals surface area contributed by atoms with Crippen LogP contribution in [0.25, 0.3) is 10.3 Å². The number of hydrogen-bond donors (Lipinski definition) is 5. The Bertz CT molecular complexity index is 1280. The zero-order valence-corrected chi connectivity index (χ0v) is 20.8. The molecule has 5 rings (SSSR count). The van der Waals surface area contributed by atoms with Crippen molar-refractivity contribution in [2.24, 2.45) is 0 Å². The first-order chi connectivity index (χ1) is 17.6. The molecule has 1 aromatic carbocycles. The van der Waals surface area contributed by atoms with E-state index in [1.54, 1.807) is 0 Å². The van der Waals surface area contributed by atoms with Crippen LogP contribution in [0, 0.1) is 0 Å². The van der Waals surface area contributed by atoms with Crippen LogP contribution in [0.15, 0.2) is 48.5 Å². The van der Waals surface area contributed by atoms with E-state index in [0.29, 0.717) is 36.3 Å². The van der Waals surface area contributed by atoms with Crippen molar-refractivity contribution in [3.8, 4) is 0 Å². The third-order valence-corrected chi connectivity index (χ3v) is 7.05. The van der Waals surface area contributed by atoms with Gasteiger partial charge in [-0.15, -0.1) is 0 Å². The quantitative estimate of drug-likeness (QED) is 0.200. The standard InChI is InChI=1S/C26H31N7O2S/c34-14-4-13-27-22-12-11-21-24(31-22)36-26(30-21)33-23-16-19(15-17-5-2-1-3-6-17)29-25(32-23)28-18-7-9-20(35)10-8-18/h1-3,5-6,11-12,16,18,20,34-35H,4,7-10,13-15H2,(H,27,31)(H2,28,29,30,32,33)/t18-,20-. The fourth-order valence-electron chi connectivity index (χ4n) is 4.30. The molecule has 0 bridgehead atoms. The highest BCUT2D eigenvalue weighted by Gasteiger charge is 2.20. The first-order valence-corrected chi connectivity index (χ1v) is 13.2. The van der Waals surface area contributed by atoms with E-state index < -0.39 is 0 Å². The summed E-state index contributed by atoms with van der Waals surface area (Å²) in [5.74, 6) is 2.03. The highest BCUT2D eigenvalue weighted by atomic mass is 32.1. The predicted octanol–water partition coefficient (Wildman–Crippen LogP) is 4.33. The van der Waals surface area contributed by atoms with Gasteiger partial charge in [0.15, 0.2) is 5.13 Å². The van der Waals surface area contributed by atoms with Gasteiger partial charge in [-0.3, -0.25) is 0 Å². The van der Waals surface area contributed by atoms with E-state index in [9.17, 15) is 5.11 Å². The highest BCUT2D eigenvalue weighted by Crippen LogP contribution is 2.29. The fraction of sp³-hybridized carbons (Fsp3) is 0.385. The molecule has 10 heteroatoms. The van der Waals surface area contributed by atoms with E-state index in [1.165, 1.54) is 16.9 Å². The molecule has 0 atom stereocenters. The molecule has 188 valence electrons. The lowest BCUT2D eigenvalue weighted by Gasteiger charge is -2.26. The monoisotopic (exact) mass is 505 g/mol. The number of nitrogens with zero attached hydrogens (tertiary/aromatic N) is 4. The summed E-state index contributed by atoms with van der Waals surface area (Å²) in [7, 11) is 0. The van der Waals surface area contributed by atoms with Gasteiger partial charge >= 0.3 is 0 Å². The first kappa shape index (κ1) is 24.4. The van der Waals surface area contributed by atoms with Crippen molar-refractivity contribution in [2.75, 3.05) is 29.1 Å². The minimum atomic E-state index is -0.205. The summed E-state index contributed by atoms with van der Waals surface area (Å²) in [6.45, 7) is 0.814. The molecular formula is C26H31N7O2S. The number of hydrogen-bond acceptors (Lipinski definition) is 10. The molecule has 1 saturated carbocycles. The Morgan fingerprint density at radius 1 is 0.917 bits per heavy atom. The summed E-state index contributed by atoms with van der Waals surface area (Å²) in [6.07, 6.45) is 4.54. The molecule has 0 radical (unpaired) electrons. The number of fused-ring (bicyclic) bond motifs is 1. The Kier molecular flexibility index (Phi) is 7.85. The molecule has 0 unspecified atom stereocenters. The smallest absolute Gasteiger partial charge is 0.225 e. The molecular weight excluding hydrogens is 474 g/mol. The molecule has 36 heavy (non-hydrogen) atoms. The largest absolute Gasteiger partial charge is 0.396 e. The molecule has 1 fully saturated rings. The van der Waals surface area contributed by atoms with Gasteiger partial charge in [-0.25, -0.2) is 15.0 Å². The Balaban J connectivity index is 1.36. The number of benzene rings is 1. The summed E-state index contributed by atoms with van der Waals surface area (Å²) < 4.78 is 0. The number of thiazole rings is 1.